The summed E-state index contributed by atoms with van der Waals surface area (Å²) in [6.45, 7) is 1.53. The van der Waals surface area contributed by atoms with E-state index in [1.54, 1.807) is 0 Å². The zero-order valence-electron chi connectivity index (χ0n) is 14.6. The van der Waals surface area contributed by atoms with E-state index in [2.05, 4.69) is 24.7 Å². The number of carbonyl (C=O) groups is 4. The number of β-lactam (4-membered cyclic amide) rings is 1. The van der Waals surface area contributed by atoms with Gasteiger partial charge in [-0.3, -0.25) is 14.4 Å². The lowest BCUT2D eigenvalue weighted by atomic mass is 9.84. The molecule has 5 N–H and O–H groups in total. The Morgan fingerprint density at radius 1 is 1.32 bits per heavy atom. The molecule has 0 aromatic carbocycles. The maximum absolute atomic E-state index is 12.5. The number of carboxylic acid groups (broad SMARTS) is 2. The second kappa shape index (κ2) is 8.13. The summed E-state index contributed by atoms with van der Waals surface area (Å²) in [6, 6.07) is -1.07. The van der Waals surface area contributed by atoms with Crippen LogP contribution in [-0.2, 0) is 28.9 Å². The number of amides is 2. The van der Waals surface area contributed by atoms with Gasteiger partial charge in [0.15, 0.2) is 11.7 Å². The molecule has 152 valence electrons. The molecule has 0 spiro atoms. The Hall–Kier alpha value is -3.33. The number of carboxylic acids is 2. The third-order valence-electron chi connectivity index (χ3n) is 3.48. The van der Waals surface area contributed by atoms with Crippen molar-refractivity contribution in [3.63, 3.8) is 0 Å². The number of aliphatic carboxylic acids is 2. The lowest BCUT2D eigenvalue weighted by molar-refractivity contribution is -0.257. The Morgan fingerprint density at radius 2 is 1.96 bits per heavy atom. The molecule has 15 heteroatoms. The van der Waals surface area contributed by atoms with Gasteiger partial charge in [0.2, 0.25) is 18.1 Å². The molecule has 2 rings (SSSR count). The van der Waals surface area contributed by atoms with E-state index in [1.807, 2.05) is 0 Å². The zero-order valence-corrected chi connectivity index (χ0v) is 15.4. The van der Waals surface area contributed by atoms with Crippen molar-refractivity contribution in [3.05, 3.63) is 5.82 Å². The lowest BCUT2D eigenvalue weighted by Crippen LogP contribution is -2.76. The van der Waals surface area contributed by atoms with Crippen LogP contribution in [0, 0.1) is 0 Å². The molecule has 1 aliphatic heterocycles. The minimum atomic E-state index is -1.32. The van der Waals surface area contributed by atoms with Crippen molar-refractivity contribution in [1.29, 1.82) is 0 Å². The summed E-state index contributed by atoms with van der Waals surface area (Å²) < 4.78 is 3.81. The van der Waals surface area contributed by atoms with Crippen LogP contribution >= 0.6 is 11.5 Å². The summed E-state index contributed by atoms with van der Waals surface area (Å²) in [5.41, 5.74) is 3.92. The number of nitrogens with one attached hydrogen (secondary N) is 1. The van der Waals surface area contributed by atoms with Gasteiger partial charge in [-0.25, -0.2) is 14.7 Å². The number of oxime groups is 1. The first-order valence-electron chi connectivity index (χ1n) is 7.55. The predicted octanol–water partition coefficient (Wildman–Crippen LogP) is -1.95. The summed E-state index contributed by atoms with van der Waals surface area (Å²) >= 11 is 0.772. The quantitative estimate of drug-likeness (QED) is 0.197. The molecule has 0 unspecified atom stereocenters. The van der Waals surface area contributed by atoms with Gasteiger partial charge in [0.05, 0.1) is 5.54 Å². The van der Waals surface area contributed by atoms with E-state index in [9.17, 15) is 19.2 Å². The van der Waals surface area contributed by atoms with Crippen LogP contribution in [0.3, 0.4) is 0 Å². The highest BCUT2D eigenvalue weighted by Gasteiger charge is 2.56. The van der Waals surface area contributed by atoms with E-state index in [0.717, 1.165) is 16.6 Å². The van der Waals surface area contributed by atoms with E-state index in [4.69, 9.17) is 20.8 Å². The Labute approximate surface area is 161 Å². The Balaban J connectivity index is 2.14. The topological polar surface area (TPSA) is 207 Å². The summed E-state index contributed by atoms with van der Waals surface area (Å²) in [5, 5.41) is 23.9. The number of hydrogen-bond donors (Lipinski definition) is 4. The molecule has 0 radical (unpaired) electrons. The van der Waals surface area contributed by atoms with E-state index in [1.165, 1.54) is 13.8 Å². The first kappa shape index (κ1) is 21.0. The van der Waals surface area contributed by atoms with E-state index < -0.39 is 54.3 Å². The summed E-state index contributed by atoms with van der Waals surface area (Å²) in [6.07, 6.45) is 0. The molecule has 0 saturated carbocycles. The largest absolute Gasteiger partial charge is 0.479 e. The highest BCUT2D eigenvalue weighted by molar-refractivity contribution is 7.09. The summed E-state index contributed by atoms with van der Waals surface area (Å²) in [4.78, 5) is 59.1. The molecule has 0 bridgehead atoms. The van der Waals surface area contributed by atoms with Crippen LogP contribution < -0.4 is 11.1 Å². The molecule has 1 atom stereocenters. The third-order valence-corrected chi connectivity index (χ3v) is 4.02. The van der Waals surface area contributed by atoms with Crippen LogP contribution in [0.2, 0.25) is 0 Å². The van der Waals surface area contributed by atoms with Gasteiger partial charge in [-0.15, -0.1) is 0 Å². The molecule has 1 aromatic heterocycles. The molecule has 0 aliphatic carbocycles. The minimum Gasteiger partial charge on any atom is -0.479 e. The van der Waals surface area contributed by atoms with Gasteiger partial charge in [0.1, 0.15) is 6.04 Å². The molecule has 2 amide bonds. The number of aromatic nitrogens is 2. The maximum Gasteiger partial charge on any atom is 0.344 e. The molecule has 14 nitrogen and oxygen atoms in total. The van der Waals surface area contributed by atoms with Crippen molar-refractivity contribution >= 4 is 46.1 Å². The van der Waals surface area contributed by atoms with Gasteiger partial charge in [0.25, 0.3) is 11.8 Å². The fourth-order valence-electron chi connectivity index (χ4n) is 2.21. The van der Waals surface area contributed by atoms with Crippen LogP contribution in [0.1, 0.15) is 19.7 Å². The molecule has 2 heterocycles. The van der Waals surface area contributed by atoms with E-state index >= 15 is 0 Å². The highest BCUT2D eigenvalue weighted by Crippen LogP contribution is 2.32. The monoisotopic (exact) mass is 416 g/mol. The average molecular weight is 416 g/mol. The molecule has 1 fully saturated rings. The number of nitrogens with zero attached hydrogens (tertiary/aromatic N) is 4. The number of nitrogens with two attached hydrogens (primary N) is 1. The second-order valence-electron chi connectivity index (χ2n) is 5.92. The van der Waals surface area contributed by atoms with Crippen LogP contribution in [-0.4, -0.2) is 78.9 Å². The number of nitrogen functional groups attached to an aromatic ring is 1. The molecule has 28 heavy (non-hydrogen) atoms. The number of hydroxylamine groups is 2. The van der Waals surface area contributed by atoms with Gasteiger partial charge in [0, 0.05) is 11.5 Å². The Morgan fingerprint density at radius 3 is 2.46 bits per heavy atom. The van der Waals surface area contributed by atoms with Crippen LogP contribution in [0.15, 0.2) is 5.16 Å². The molecular formula is C13H16N6O8S. The first-order valence-corrected chi connectivity index (χ1v) is 8.32. The van der Waals surface area contributed by atoms with Gasteiger partial charge >= 0.3 is 11.9 Å². The van der Waals surface area contributed by atoms with Gasteiger partial charge in [-0.05, 0) is 13.8 Å². The van der Waals surface area contributed by atoms with Crippen molar-refractivity contribution in [2.75, 3.05) is 18.9 Å². The number of carbonyl (C=O) groups excluding carboxylic acids is 2. The maximum atomic E-state index is 12.5. The first-order chi connectivity index (χ1) is 13.0. The number of hydrogen-bond acceptors (Lipinski definition) is 11. The third kappa shape index (κ3) is 4.49. The van der Waals surface area contributed by atoms with Gasteiger partial charge < -0.3 is 26.1 Å². The van der Waals surface area contributed by atoms with Crippen molar-refractivity contribution in [3.8, 4) is 0 Å². The molecule has 1 aromatic rings. The molecule has 1 saturated heterocycles. The second-order valence-corrected chi connectivity index (χ2v) is 6.71. The number of anilines is 1. The average Bonchev–Trinajstić information content (AvgIpc) is 3.01. The SMILES string of the molecule is CC1(C)[C@H](NC(=O)/C(=N\OCC(=O)O)c2nsc(N)n2)C(=O)N1OCC(=O)O. The van der Waals surface area contributed by atoms with Gasteiger partial charge in [-0.2, -0.15) is 9.36 Å². The van der Waals surface area contributed by atoms with Crippen molar-refractivity contribution in [2.45, 2.75) is 25.4 Å². The summed E-state index contributed by atoms with van der Waals surface area (Å²) in [5.74, 6) is -4.42. The Bertz CT molecular complexity index is 837. The fraction of sp³-hybridized carbons (Fsp3) is 0.462. The van der Waals surface area contributed by atoms with E-state index in [0.29, 0.717) is 0 Å². The van der Waals surface area contributed by atoms with Crippen LogP contribution in [0.4, 0.5) is 5.13 Å². The van der Waals surface area contributed by atoms with Crippen LogP contribution in [0.5, 0.6) is 0 Å². The van der Waals surface area contributed by atoms with Crippen molar-refractivity contribution < 1.29 is 39.1 Å². The summed E-state index contributed by atoms with van der Waals surface area (Å²) in [7, 11) is 0. The molecule has 1 aliphatic rings. The minimum absolute atomic E-state index is 0.0297. The van der Waals surface area contributed by atoms with Crippen molar-refractivity contribution in [2.24, 2.45) is 5.16 Å². The lowest BCUT2D eigenvalue weighted by Gasteiger charge is -2.51. The smallest absolute Gasteiger partial charge is 0.344 e. The standard InChI is InChI=1S/C13H16N6O8S/c1-13(2)8(11(25)19(13)27-4-6(22)23)15-10(24)7(17-26-3-5(20)21)9-16-12(14)28-18-9/h8H,3-4H2,1-2H3,(H,15,24)(H,20,21)(H,22,23)(H2,14,16,18)/b17-7-/t8-/m1/s1. The van der Waals surface area contributed by atoms with Crippen molar-refractivity contribution in [1.82, 2.24) is 19.7 Å². The normalized spacial score (nSPS) is 18.4. The van der Waals surface area contributed by atoms with E-state index in [-0.39, 0.29) is 11.0 Å². The van der Waals surface area contributed by atoms with Gasteiger partial charge in [-0.1, -0.05) is 5.16 Å². The zero-order chi connectivity index (χ0) is 21.1. The molecular weight excluding hydrogens is 400 g/mol. The number of rotatable bonds is 9. The Kier molecular flexibility index (Phi) is 6.09. The fourth-order valence-corrected chi connectivity index (χ4v) is 2.64. The highest BCUT2D eigenvalue weighted by atomic mass is 32.1. The van der Waals surface area contributed by atoms with Crippen LogP contribution in [0.25, 0.3) is 0 Å². The predicted molar refractivity (Wildman–Crippen MR) is 90.9 cm³/mol.